The van der Waals surface area contributed by atoms with Crippen LogP contribution in [0.15, 0.2) is 76.4 Å². The maximum absolute atomic E-state index is 12.7. The minimum atomic E-state index is -0.160. The van der Waals surface area contributed by atoms with Crippen LogP contribution >= 0.6 is 23.1 Å². The van der Waals surface area contributed by atoms with Gasteiger partial charge in [-0.25, -0.2) is 0 Å². The summed E-state index contributed by atoms with van der Waals surface area (Å²) in [5, 5.41) is 2.94. The van der Waals surface area contributed by atoms with Gasteiger partial charge in [-0.15, -0.1) is 11.8 Å². The third-order valence-corrected chi connectivity index (χ3v) is 7.03. The lowest BCUT2D eigenvalue weighted by Gasteiger charge is -2.09. The molecule has 0 unspecified atom stereocenters. The summed E-state index contributed by atoms with van der Waals surface area (Å²) < 4.78 is 2.65. The maximum atomic E-state index is 12.7. The summed E-state index contributed by atoms with van der Waals surface area (Å²) in [6, 6.07) is 21.9. The molecule has 0 saturated heterocycles. The lowest BCUT2D eigenvalue weighted by molar-refractivity contribution is 0.102. The van der Waals surface area contributed by atoms with Crippen molar-refractivity contribution >= 4 is 44.9 Å². The summed E-state index contributed by atoms with van der Waals surface area (Å²) in [5.41, 5.74) is 4.62. The van der Waals surface area contributed by atoms with Crippen LogP contribution in [0.3, 0.4) is 0 Å². The van der Waals surface area contributed by atoms with E-state index in [1.165, 1.54) is 27.4 Å². The van der Waals surface area contributed by atoms with Crippen molar-refractivity contribution in [3.63, 3.8) is 0 Å². The van der Waals surface area contributed by atoms with E-state index in [9.17, 15) is 9.59 Å². The highest BCUT2D eigenvalue weighted by atomic mass is 32.2. The van der Waals surface area contributed by atoms with E-state index in [0.29, 0.717) is 11.3 Å². The van der Waals surface area contributed by atoms with E-state index in [2.05, 4.69) is 36.5 Å². The molecule has 0 spiro atoms. The molecule has 6 heteroatoms. The Kier molecular flexibility index (Phi) is 6.30. The molecule has 0 aliphatic carbocycles. The summed E-state index contributed by atoms with van der Waals surface area (Å²) in [5.74, 6) is 0.695. The topological polar surface area (TPSA) is 51.1 Å². The molecule has 0 aliphatic heterocycles. The van der Waals surface area contributed by atoms with Gasteiger partial charge in [0.1, 0.15) is 0 Å². The van der Waals surface area contributed by atoms with Crippen LogP contribution < -0.4 is 10.2 Å². The normalized spacial score (nSPS) is 11.2. The number of carbonyl (C=O) groups is 1. The number of thioether (sulfide) groups is 1. The molecule has 1 aromatic heterocycles. The number of fused-ring (bicyclic) bond motifs is 1. The molecule has 0 bridgehead atoms. The van der Waals surface area contributed by atoms with Crippen LogP contribution in [0.1, 0.15) is 41.4 Å². The third-order valence-electron chi connectivity index (χ3n) is 5.03. The number of amides is 1. The molecule has 1 amide bonds. The molecule has 0 fully saturated rings. The van der Waals surface area contributed by atoms with Gasteiger partial charge < -0.3 is 5.32 Å². The van der Waals surface area contributed by atoms with Crippen LogP contribution in [0.2, 0.25) is 0 Å². The molecule has 4 aromatic rings. The van der Waals surface area contributed by atoms with Crippen molar-refractivity contribution in [2.45, 2.75) is 37.5 Å². The quantitative estimate of drug-likeness (QED) is 0.343. The van der Waals surface area contributed by atoms with Gasteiger partial charge in [0.25, 0.3) is 5.91 Å². The van der Waals surface area contributed by atoms with Gasteiger partial charge in [-0.2, -0.15) is 0 Å². The highest BCUT2D eigenvalue weighted by molar-refractivity contribution is 7.98. The summed E-state index contributed by atoms with van der Waals surface area (Å²) >= 11 is 2.98. The average molecular weight is 449 g/mol. The average Bonchev–Trinajstić information content (AvgIpc) is 3.09. The summed E-state index contributed by atoms with van der Waals surface area (Å²) in [7, 11) is 0. The SMILES string of the molecule is Cc1ccc(SCc2ccc(C(=O)Nc3ccc4c(c3)sc(=O)n4C(C)C)cc2)cc1. The van der Waals surface area contributed by atoms with Gasteiger partial charge in [0.05, 0.1) is 10.2 Å². The van der Waals surface area contributed by atoms with Crippen molar-refractivity contribution in [3.05, 3.63) is 93.1 Å². The number of carbonyl (C=O) groups excluding carboxylic acids is 1. The number of anilines is 1. The maximum Gasteiger partial charge on any atom is 0.308 e. The zero-order valence-corrected chi connectivity index (χ0v) is 19.3. The second kappa shape index (κ2) is 9.12. The molecule has 0 radical (unpaired) electrons. The number of nitrogens with zero attached hydrogens (tertiary/aromatic N) is 1. The molecule has 3 aromatic carbocycles. The Labute approximate surface area is 189 Å². The molecule has 31 heavy (non-hydrogen) atoms. The third kappa shape index (κ3) is 4.92. The van der Waals surface area contributed by atoms with Gasteiger partial charge in [-0.3, -0.25) is 14.2 Å². The number of thiazole rings is 1. The first-order valence-corrected chi connectivity index (χ1v) is 12.0. The van der Waals surface area contributed by atoms with E-state index < -0.39 is 0 Å². The Bertz CT molecular complexity index is 1270. The van der Waals surface area contributed by atoms with Crippen LogP contribution in [0.5, 0.6) is 0 Å². The molecule has 4 nitrogen and oxygen atoms in total. The molecule has 1 heterocycles. The van der Waals surface area contributed by atoms with E-state index >= 15 is 0 Å². The van der Waals surface area contributed by atoms with Crippen LogP contribution in [0.4, 0.5) is 5.69 Å². The van der Waals surface area contributed by atoms with Gasteiger partial charge in [0, 0.05) is 27.9 Å². The van der Waals surface area contributed by atoms with Crippen LogP contribution in [-0.2, 0) is 5.75 Å². The predicted octanol–water partition coefficient (Wildman–Crippen LogP) is 6.50. The number of hydrogen-bond acceptors (Lipinski definition) is 4. The highest BCUT2D eigenvalue weighted by Crippen LogP contribution is 2.25. The first-order chi connectivity index (χ1) is 14.9. The van der Waals surface area contributed by atoms with E-state index in [0.717, 1.165) is 16.0 Å². The molecule has 0 aliphatic rings. The fourth-order valence-corrected chi connectivity index (χ4v) is 5.27. The number of aromatic nitrogens is 1. The molecule has 158 valence electrons. The first kappa shape index (κ1) is 21.4. The van der Waals surface area contributed by atoms with Crippen molar-refractivity contribution in [1.29, 1.82) is 0 Å². The highest BCUT2D eigenvalue weighted by Gasteiger charge is 2.12. The minimum absolute atomic E-state index is 0.0209. The molecule has 0 saturated carbocycles. The molecular formula is C25H24N2O2S2. The Balaban J connectivity index is 1.42. The second-order valence-corrected chi connectivity index (χ2v) is 9.81. The number of rotatable bonds is 6. The second-order valence-electron chi connectivity index (χ2n) is 7.77. The van der Waals surface area contributed by atoms with Crippen LogP contribution in [0.25, 0.3) is 10.2 Å². The summed E-state index contributed by atoms with van der Waals surface area (Å²) in [6.07, 6.45) is 0. The van der Waals surface area contributed by atoms with E-state index in [-0.39, 0.29) is 16.8 Å². The molecular weight excluding hydrogens is 424 g/mol. The lowest BCUT2D eigenvalue weighted by Crippen LogP contribution is -2.14. The van der Waals surface area contributed by atoms with Gasteiger partial charge in [0.15, 0.2) is 0 Å². The van der Waals surface area contributed by atoms with Crippen LogP contribution in [0, 0.1) is 6.92 Å². The van der Waals surface area contributed by atoms with Crippen molar-refractivity contribution in [2.75, 3.05) is 5.32 Å². The van der Waals surface area contributed by atoms with Crippen molar-refractivity contribution < 1.29 is 4.79 Å². The monoisotopic (exact) mass is 448 g/mol. The largest absolute Gasteiger partial charge is 0.322 e. The molecule has 1 N–H and O–H groups in total. The summed E-state index contributed by atoms with van der Waals surface area (Å²) in [4.78, 5) is 26.1. The molecule has 0 atom stereocenters. The summed E-state index contributed by atoms with van der Waals surface area (Å²) in [6.45, 7) is 6.07. The number of hydrogen-bond donors (Lipinski definition) is 1. The van der Waals surface area contributed by atoms with Crippen molar-refractivity contribution in [1.82, 2.24) is 4.57 Å². The number of nitrogens with one attached hydrogen (secondary N) is 1. The van der Waals surface area contributed by atoms with Crippen molar-refractivity contribution in [2.24, 2.45) is 0 Å². The fraction of sp³-hybridized carbons (Fsp3) is 0.200. The predicted molar refractivity (Wildman–Crippen MR) is 132 cm³/mol. The Morgan fingerprint density at radius 2 is 1.74 bits per heavy atom. The zero-order valence-electron chi connectivity index (χ0n) is 17.7. The minimum Gasteiger partial charge on any atom is -0.322 e. The standard InChI is InChI=1S/C25H24N2O2S2/c1-16(2)27-22-13-10-20(14-23(22)31-25(27)29)26-24(28)19-8-6-18(7-9-19)15-30-21-11-4-17(3)5-12-21/h4-14,16H,15H2,1-3H3,(H,26,28). The van der Waals surface area contributed by atoms with Gasteiger partial charge >= 0.3 is 4.87 Å². The van der Waals surface area contributed by atoms with E-state index in [1.54, 1.807) is 16.3 Å². The van der Waals surface area contributed by atoms with Gasteiger partial charge in [-0.1, -0.05) is 41.2 Å². The molecule has 4 rings (SSSR count). The van der Waals surface area contributed by atoms with E-state index in [1.807, 2.05) is 56.3 Å². The Morgan fingerprint density at radius 1 is 1.03 bits per heavy atom. The van der Waals surface area contributed by atoms with Gasteiger partial charge in [-0.05, 0) is 68.8 Å². The smallest absolute Gasteiger partial charge is 0.308 e. The fourth-order valence-electron chi connectivity index (χ4n) is 3.36. The van der Waals surface area contributed by atoms with Crippen molar-refractivity contribution in [3.8, 4) is 0 Å². The number of aryl methyl sites for hydroxylation is 1. The number of benzene rings is 3. The Hall–Kier alpha value is -2.83. The first-order valence-electron chi connectivity index (χ1n) is 10.2. The van der Waals surface area contributed by atoms with Gasteiger partial charge in [0.2, 0.25) is 0 Å². The Morgan fingerprint density at radius 3 is 2.42 bits per heavy atom. The van der Waals surface area contributed by atoms with E-state index in [4.69, 9.17) is 0 Å². The lowest BCUT2D eigenvalue weighted by atomic mass is 10.1. The van der Waals surface area contributed by atoms with Crippen LogP contribution in [-0.4, -0.2) is 10.5 Å². The zero-order chi connectivity index (χ0) is 22.0.